The van der Waals surface area contributed by atoms with E-state index in [1.165, 1.54) is 0 Å². The summed E-state index contributed by atoms with van der Waals surface area (Å²) in [7, 11) is -2.99. The van der Waals surface area contributed by atoms with Crippen LogP contribution >= 0.6 is 0 Å². The Kier molecular flexibility index (Phi) is 3.39. The summed E-state index contributed by atoms with van der Waals surface area (Å²) >= 11 is 0. The van der Waals surface area contributed by atoms with Gasteiger partial charge in [-0.15, -0.1) is 0 Å². The van der Waals surface area contributed by atoms with Crippen molar-refractivity contribution >= 4 is 27.7 Å². The molecule has 116 valence electrons. The fraction of sp³-hybridized carbons (Fsp3) is 0.750. The van der Waals surface area contributed by atoms with E-state index in [1.54, 1.807) is 0 Å². The maximum atomic E-state index is 11.7. The average Bonchev–Trinajstić information content (AvgIpc) is 2.96. The number of aromatic nitrogens is 3. The fourth-order valence-electron chi connectivity index (χ4n) is 2.87. The summed E-state index contributed by atoms with van der Waals surface area (Å²) in [4.78, 5) is 14.7. The highest BCUT2D eigenvalue weighted by atomic mass is 32.2. The van der Waals surface area contributed by atoms with Crippen LogP contribution in [0.4, 0.5) is 17.8 Å². The van der Waals surface area contributed by atoms with Gasteiger partial charge in [-0.25, -0.2) is 8.42 Å². The molecule has 3 heterocycles. The van der Waals surface area contributed by atoms with Gasteiger partial charge in [-0.1, -0.05) is 0 Å². The molecule has 2 aliphatic heterocycles. The average molecular weight is 312 g/mol. The first-order valence-electron chi connectivity index (χ1n) is 7.10. The molecule has 0 spiro atoms. The van der Waals surface area contributed by atoms with Crippen LogP contribution in [0.5, 0.6) is 0 Å². The number of nitrogens with one attached hydrogen (secondary N) is 1. The van der Waals surface area contributed by atoms with Crippen molar-refractivity contribution in [1.29, 1.82) is 0 Å². The van der Waals surface area contributed by atoms with Gasteiger partial charge >= 0.3 is 0 Å². The lowest BCUT2D eigenvalue weighted by Crippen LogP contribution is -2.37. The third-order valence-electron chi connectivity index (χ3n) is 3.95. The second-order valence-corrected chi connectivity index (χ2v) is 8.22. The number of anilines is 3. The van der Waals surface area contributed by atoms with E-state index < -0.39 is 15.4 Å². The number of sulfone groups is 1. The third-order valence-corrected chi connectivity index (χ3v) is 5.85. The highest BCUT2D eigenvalue weighted by Gasteiger charge is 2.39. The predicted molar refractivity (Wildman–Crippen MR) is 81.0 cm³/mol. The first kappa shape index (κ1) is 14.3. The van der Waals surface area contributed by atoms with Gasteiger partial charge in [0.15, 0.2) is 9.84 Å². The highest BCUT2D eigenvalue weighted by Crippen LogP contribution is 2.27. The Hall–Kier alpha value is -1.64. The van der Waals surface area contributed by atoms with Crippen LogP contribution in [-0.4, -0.2) is 53.5 Å². The first-order valence-corrected chi connectivity index (χ1v) is 8.93. The van der Waals surface area contributed by atoms with Gasteiger partial charge in [-0.2, -0.15) is 15.0 Å². The minimum atomic E-state index is -2.99. The van der Waals surface area contributed by atoms with E-state index in [1.807, 2.05) is 6.92 Å². The molecular weight excluding hydrogens is 292 g/mol. The van der Waals surface area contributed by atoms with Crippen LogP contribution < -0.4 is 16.0 Å². The van der Waals surface area contributed by atoms with Crippen molar-refractivity contribution in [2.45, 2.75) is 31.7 Å². The Balaban J connectivity index is 1.82. The smallest absolute Gasteiger partial charge is 0.231 e. The topological polar surface area (TPSA) is 114 Å². The number of hydrogen-bond acceptors (Lipinski definition) is 8. The molecule has 0 bridgehead atoms. The molecule has 1 unspecified atom stereocenters. The molecule has 0 aromatic carbocycles. The van der Waals surface area contributed by atoms with Crippen molar-refractivity contribution in [1.82, 2.24) is 15.0 Å². The summed E-state index contributed by atoms with van der Waals surface area (Å²) in [5.41, 5.74) is 5.20. The first-order chi connectivity index (χ1) is 9.85. The largest absolute Gasteiger partial charge is 0.368 e. The van der Waals surface area contributed by atoms with E-state index in [9.17, 15) is 8.42 Å². The summed E-state index contributed by atoms with van der Waals surface area (Å²) in [5.74, 6) is 1.34. The molecule has 9 heteroatoms. The number of rotatable bonds is 3. The van der Waals surface area contributed by atoms with Crippen molar-refractivity contribution in [2.75, 3.05) is 40.5 Å². The zero-order valence-corrected chi connectivity index (χ0v) is 12.9. The van der Waals surface area contributed by atoms with Gasteiger partial charge in [0.1, 0.15) is 0 Å². The summed E-state index contributed by atoms with van der Waals surface area (Å²) in [6.07, 6.45) is 2.77. The number of nitrogens with zero attached hydrogens (tertiary/aromatic N) is 4. The standard InChI is InChI=1S/C12H20N6O2S/c1-12(4-7-21(19,20)8-12)17-10-14-9(13)15-11(16-10)18-5-2-3-6-18/h2-8H2,1H3,(H3,13,14,15,16,17). The maximum absolute atomic E-state index is 11.7. The molecule has 2 saturated heterocycles. The molecule has 0 saturated carbocycles. The Labute approximate surface area is 124 Å². The summed E-state index contributed by atoms with van der Waals surface area (Å²) in [6, 6.07) is 0. The second kappa shape index (κ2) is 4.97. The Morgan fingerprint density at radius 2 is 1.95 bits per heavy atom. The number of nitrogen functional groups attached to an aromatic ring is 1. The molecule has 3 rings (SSSR count). The highest BCUT2D eigenvalue weighted by molar-refractivity contribution is 7.91. The third kappa shape index (κ3) is 3.17. The lowest BCUT2D eigenvalue weighted by Gasteiger charge is -2.24. The molecule has 8 nitrogen and oxygen atoms in total. The second-order valence-electron chi connectivity index (χ2n) is 6.04. The van der Waals surface area contributed by atoms with Gasteiger partial charge in [0.25, 0.3) is 0 Å². The van der Waals surface area contributed by atoms with Crippen LogP contribution in [0.25, 0.3) is 0 Å². The van der Waals surface area contributed by atoms with Gasteiger partial charge in [-0.05, 0) is 26.2 Å². The van der Waals surface area contributed by atoms with Crippen LogP contribution in [0, 0.1) is 0 Å². The van der Waals surface area contributed by atoms with E-state index >= 15 is 0 Å². The lowest BCUT2D eigenvalue weighted by atomic mass is 10.0. The monoisotopic (exact) mass is 312 g/mol. The van der Waals surface area contributed by atoms with E-state index in [4.69, 9.17) is 5.73 Å². The summed E-state index contributed by atoms with van der Waals surface area (Å²) < 4.78 is 23.3. The van der Waals surface area contributed by atoms with Crippen molar-refractivity contribution in [3.8, 4) is 0 Å². The molecule has 1 aromatic rings. The van der Waals surface area contributed by atoms with Gasteiger partial charge in [0, 0.05) is 13.1 Å². The minimum absolute atomic E-state index is 0.0879. The molecule has 0 amide bonds. The summed E-state index contributed by atoms with van der Waals surface area (Å²) in [5, 5.41) is 3.13. The molecule has 1 aromatic heterocycles. The van der Waals surface area contributed by atoms with Gasteiger partial charge in [0.05, 0.1) is 17.0 Å². The quantitative estimate of drug-likeness (QED) is 0.804. The molecule has 0 aliphatic carbocycles. The van der Waals surface area contributed by atoms with Crippen molar-refractivity contribution in [3.63, 3.8) is 0 Å². The molecule has 3 N–H and O–H groups in total. The van der Waals surface area contributed by atoms with Crippen molar-refractivity contribution < 1.29 is 8.42 Å². The normalized spacial score (nSPS) is 28.0. The number of hydrogen-bond donors (Lipinski definition) is 2. The summed E-state index contributed by atoms with van der Waals surface area (Å²) in [6.45, 7) is 3.69. The van der Waals surface area contributed by atoms with Gasteiger partial charge in [-0.3, -0.25) is 0 Å². The van der Waals surface area contributed by atoms with E-state index in [0.29, 0.717) is 18.3 Å². The van der Waals surface area contributed by atoms with E-state index in [0.717, 1.165) is 25.9 Å². The SMILES string of the molecule is CC1(Nc2nc(N)nc(N3CCCC3)n2)CCS(=O)(=O)C1. The van der Waals surface area contributed by atoms with Crippen LogP contribution in [0.15, 0.2) is 0 Å². The van der Waals surface area contributed by atoms with Crippen LogP contribution in [0.3, 0.4) is 0 Å². The minimum Gasteiger partial charge on any atom is -0.368 e. The Morgan fingerprint density at radius 1 is 1.24 bits per heavy atom. The fourth-order valence-corrected chi connectivity index (χ4v) is 4.97. The predicted octanol–water partition coefficient (Wildman–Crippen LogP) is 0.0431. The molecule has 21 heavy (non-hydrogen) atoms. The number of nitrogens with two attached hydrogens (primary N) is 1. The van der Waals surface area contributed by atoms with E-state index in [-0.39, 0.29) is 17.5 Å². The van der Waals surface area contributed by atoms with Gasteiger partial charge < -0.3 is 16.0 Å². The molecule has 0 radical (unpaired) electrons. The van der Waals surface area contributed by atoms with Crippen molar-refractivity contribution in [3.05, 3.63) is 0 Å². The van der Waals surface area contributed by atoms with Gasteiger partial charge in [0.2, 0.25) is 17.8 Å². The molecular formula is C12H20N6O2S. The van der Waals surface area contributed by atoms with Crippen LogP contribution in [0.2, 0.25) is 0 Å². The maximum Gasteiger partial charge on any atom is 0.231 e. The molecule has 2 aliphatic rings. The van der Waals surface area contributed by atoms with Crippen LogP contribution in [0.1, 0.15) is 26.2 Å². The zero-order chi connectivity index (χ0) is 15.1. The zero-order valence-electron chi connectivity index (χ0n) is 12.0. The van der Waals surface area contributed by atoms with E-state index in [2.05, 4.69) is 25.2 Å². The van der Waals surface area contributed by atoms with Crippen LogP contribution in [-0.2, 0) is 9.84 Å². The molecule has 2 fully saturated rings. The van der Waals surface area contributed by atoms with Crippen molar-refractivity contribution in [2.24, 2.45) is 0 Å². The Bertz CT molecular complexity index is 643. The molecule has 1 atom stereocenters. The Morgan fingerprint density at radius 3 is 2.57 bits per heavy atom. The lowest BCUT2D eigenvalue weighted by molar-refractivity contribution is 0.569.